The summed E-state index contributed by atoms with van der Waals surface area (Å²) in [5.41, 5.74) is 0. The van der Waals surface area contributed by atoms with E-state index in [4.69, 9.17) is 5.11 Å². The first kappa shape index (κ1) is 14.0. The average molecular weight is 243 g/mol. The molecule has 0 aromatic carbocycles. The number of carboxylic acids is 1. The van der Waals surface area contributed by atoms with Gasteiger partial charge in [-0.3, -0.25) is 9.59 Å². The van der Waals surface area contributed by atoms with Crippen molar-refractivity contribution in [3.8, 4) is 0 Å². The second-order valence-corrected chi connectivity index (χ2v) is 4.74. The number of carboxylic acid groups (broad SMARTS) is 1. The van der Waals surface area contributed by atoms with Crippen LogP contribution in [0.15, 0.2) is 0 Å². The van der Waals surface area contributed by atoms with Gasteiger partial charge in [0.05, 0.1) is 6.10 Å². The van der Waals surface area contributed by atoms with E-state index >= 15 is 0 Å². The van der Waals surface area contributed by atoms with Crippen LogP contribution in [0.1, 0.15) is 44.9 Å². The third kappa shape index (κ3) is 6.26. The van der Waals surface area contributed by atoms with Crippen LogP contribution in [-0.4, -0.2) is 34.7 Å². The molecular weight excluding hydrogens is 222 g/mol. The van der Waals surface area contributed by atoms with Crippen LogP contribution in [0.5, 0.6) is 0 Å². The number of amides is 1. The summed E-state index contributed by atoms with van der Waals surface area (Å²) in [5.74, 6) is -0.596. The maximum absolute atomic E-state index is 11.4. The van der Waals surface area contributed by atoms with Gasteiger partial charge < -0.3 is 15.5 Å². The fraction of sp³-hybridized carbons (Fsp3) is 0.833. The summed E-state index contributed by atoms with van der Waals surface area (Å²) in [6.07, 6.45) is 4.15. The molecule has 0 aliphatic heterocycles. The highest BCUT2D eigenvalue weighted by Crippen LogP contribution is 2.23. The van der Waals surface area contributed by atoms with Gasteiger partial charge in [0.25, 0.3) is 0 Å². The van der Waals surface area contributed by atoms with E-state index in [-0.39, 0.29) is 24.9 Å². The predicted octanol–water partition coefficient (Wildman–Crippen LogP) is 0.909. The molecule has 2 unspecified atom stereocenters. The molecule has 1 aliphatic rings. The fourth-order valence-corrected chi connectivity index (χ4v) is 2.19. The van der Waals surface area contributed by atoms with Gasteiger partial charge in [-0.15, -0.1) is 0 Å². The van der Waals surface area contributed by atoms with E-state index in [0.29, 0.717) is 18.9 Å². The van der Waals surface area contributed by atoms with Crippen LogP contribution in [-0.2, 0) is 9.59 Å². The number of aliphatic hydroxyl groups excluding tert-OH is 1. The van der Waals surface area contributed by atoms with Crippen LogP contribution in [0, 0.1) is 5.92 Å². The topological polar surface area (TPSA) is 86.6 Å². The number of rotatable bonds is 6. The van der Waals surface area contributed by atoms with E-state index in [0.717, 1.165) is 25.7 Å². The Bertz CT molecular complexity index is 267. The Morgan fingerprint density at radius 3 is 2.65 bits per heavy atom. The molecule has 0 aromatic heterocycles. The molecule has 1 rings (SSSR count). The number of hydrogen-bond acceptors (Lipinski definition) is 3. The van der Waals surface area contributed by atoms with E-state index in [1.807, 2.05) is 0 Å². The zero-order valence-corrected chi connectivity index (χ0v) is 10.0. The fourth-order valence-electron chi connectivity index (χ4n) is 2.19. The number of aliphatic carboxylic acids is 1. The number of hydrogen-bond donors (Lipinski definition) is 3. The first-order valence-corrected chi connectivity index (χ1v) is 6.24. The standard InChI is InChI=1S/C12H21NO4/c14-10-4-1-3-9(7-10)8-13-11(15)5-2-6-12(16)17/h9-10,14H,1-8H2,(H,13,15)(H,16,17). The average Bonchev–Trinajstić information content (AvgIpc) is 2.26. The van der Waals surface area contributed by atoms with Crippen LogP contribution in [0.2, 0.25) is 0 Å². The second kappa shape index (κ2) is 7.27. The summed E-state index contributed by atoms with van der Waals surface area (Å²) in [7, 11) is 0. The Balaban J connectivity index is 2.08. The zero-order chi connectivity index (χ0) is 12.7. The van der Waals surface area contributed by atoms with Crippen LogP contribution < -0.4 is 5.32 Å². The minimum Gasteiger partial charge on any atom is -0.481 e. The maximum Gasteiger partial charge on any atom is 0.303 e. The van der Waals surface area contributed by atoms with E-state index in [9.17, 15) is 14.7 Å². The van der Waals surface area contributed by atoms with Crippen LogP contribution in [0.3, 0.4) is 0 Å². The van der Waals surface area contributed by atoms with Crippen molar-refractivity contribution < 1.29 is 19.8 Å². The Labute approximate surface area is 101 Å². The lowest BCUT2D eigenvalue weighted by molar-refractivity contribution is -0.137. The molecule has 98 valence electrons. The van der Waals surface area contributed by atoms with Crippen LogP contribution in [0.25, 0.3) is 0 Å². The van der Waals surface area contributed by atoms with Crippen molar-refractivity contribution in [3.05, 3.63) is 0 Å². The van der Waals surface area contributed by atoms with Gasteiger partial charge in [-0.25, -0.2) is 0 Å². The van der Waals surface area contributed by atoms with Gasteiger partial charge in [0.2, 0.25) is 5.91 Å². The Morgan fingerprint density at radius 2 is 2.00 bits per heavy atom. The summed E-state index contributed by atoms with van der Waals surface area (Å²) in [6.45, 7) is 0.600. The molecule has 0 saturated heterocycles. The Morgan fingerprint density at radius 1 is 1.24 bits per heavy atom. The number of carbonyl (C=O) groups excluding carboxylic acids is 1. The molecule has 0 aromatic rings. The molecule has 17 heavy (non-hydrogen) atoms. The summed E-state index contributed by atoms with van der Waals surface area (Å²) < 4.78 is 0. The molecule has 1 aliphatic carbocycles. The van der Waals surface area contributed by atoms with Crippen molar-refractivity contribution in [3.63, 3.8) is 0 Å². The van der Waals surface area contributed by atoms with Crippen molar-refractivity contribution in [2.24, 2.45) is 5.92 Å². The SMILES string of the molecule is O=C(O)CCCC(=O)NCC1CCCC(O)C1. The normalized spacial score (nSPS) is 24.3. The maximum atomic E-state index is 11.4. The minimum atomic E-state index is -0.867. The number of aliphatic hydroxyl groups is 1. The van der Waals surface area contributed by atoms with Gasteiger partial charge in [0.15, 0.2) is 0 Å². The lowest BCUT2D eigenvalue weighted by Crippen LogP contribution is -2.32. The van der Waals surface area contributed by atoms with E-state index in [1.54, 1.807) is 0 Å². The van der Waals surface area contributed by atoms with Crippen molar-refractivity contribution in [1.29, 1.82) is 0 Å². The largest absolute Gasteiger partial charge is 0.481 e. The molecule has 5 heteroatoms. The van der Waals surface area contributed by atoms with E-state index in [1.165, 1.54) is 0 Å². The smallest absolute Gasteiger partial charge is 0.303 e. The third-order valence-electron chi connectivity index (χ3n) is 3.14. The van der Waals surface area contributed by atoms with Gasteiger partial charge >= 0.3 is 5.97 Å². The molecule has 5 nitrogen and oxygen atoms in total. The first-order valence-electron chi connectivity index (χ1n) is 6.24. The summed E-state index contributed by atoms with van der Waals surface area (Å²) in [6, 6.07) is 0. The zero-order valence-electron chi connectivity index (χ0n) is 10.0. The van der Waals surface area contributed by atoms with Crippen LogP contribution >= 0.6 is 0 Å². The number of carbonyl (C=O) groups is 2. The summed E-state index contributed by atoms with van der Waals surface area (Å²) in [5, 5.41) is 20.7. The molecule has 0 radical (unpaired) electrons. The quantitative estimate of drug-likeness (QED) is 0.647. The number of nitrogens with one attached hydrogen (secondary N) is 1. The third-order valence-corrected chi connectivity index (χ3v) is 3.14. The van der Waals surface area contributed by atoms with E-state index < -0.39 is 5.97 Å². The summed E-state index contributed by atoms with van der Waals surface area (Å²) in [4.78, 5) is 21.6. The van der Waals surface area contributed by atoms with Crippen molar-refractivity contribution in [1.82, 2.24) is 5.32 Å². The van der Waals surface area contributed by atoms with Gasteiger partial charge in [-0.1, -0.05) is 6.42 Å². The van der Waals surface area contributed by atoms with Gasteiger partial charge in [0.1, 0.15) is 0 Å². The second-order valence-electron chi connectivity index (χ2n) is 4.74. The van der Waals surface area contributed by atoms with Crippen molar-refractivity contribution in [2.75, 3.05) is 6.54 Å². The van der Waals surface area contributed by atoms with Gasteiger partial charge in [0, 0.05) is 19.4 Å². The first-order chi connectivity index (χ1) is 8.08. The Hall–Kier alpha value is -1.10. The molecule has 0 bridgehead atoms. The monoisotopic (exact) mass is 243 g/mol. The molecule has 3 N–H and O–H groups in total. The van der Waals surface area contributed by atoms with Crippen molar-refractivity contribution >= 4 is 11.9 Å². The van der Waals surface area contributed by atoms with E-state index in [2.05, 4.69) is 5.32 Å². The molecular formula is C12H21NO4. The molecule has 1 saturated carbocycles. The molecule has 1 amide bonds. The Kier molecular flexibility index (Phi) is 5.97. The van der Waals surface area contributed by atoms with Crippen molar-refractivity contribution in [2.45, 2.75) is 51.0 Å². The molecule has 0 heterocycles. The predicted molar refractivity (Wildman–Crippen MR) is 62.5 cm³/mol. The molecule has 1 fully saturated rings. The molecule has 0 spiro atoms. The molecule has 2 atom stereocenters. The van der Waals surface area contributed by atoms with Gasteiger partial charge in [-0.05, 0) is 31.6 Å². The van der Waals surface area contributed by atoms with Crippen LogP contribution in [0.4, 0.5) is 0 Å². The lowest BCUT2D eigenvalue weighted by Gasteiger charge is -2.25. The highest BCUT2D eigenvalue weighted by molar-refractivity contribution is 5.76. The highest BCUT2D eigenvalue weighted by Gasteiger charge is 2.20. The minimum absolute atomic E-state index is 0.0373. The van der Waals surface area contributed by atoms with Gasteiger partial charge in [-0.2, -0.15) is 0 Å². The highest BCUT2D eigenvalue weighted by atomic mass is 16.4. The lowest BCUT2D eigenvalue weighted by atomic mass is 9.87. The summed E-state index contributed by atoms with van der Waals surface area (Å²) >= 11 is 0.